The van der Waals surface area contributed by atoms with Gasteiger partial charge >= 0.3 is 0 Å². The predicted molar refractivity (Wildman–Crippen MR) is 80.8 cm³/mol. The van der Waals surface area contributed by atoms with Crippen LogP contribution in [0.4, 0.5) is 0 Å². The van der Waals surface area contributed by atoms with Gasteiger partial charge in [-0.3, -0.25) is 4.79 Å². The molecule has 0 aliphatic heterocycles. The molecule has 0 spiro atoms. The summed E-state index contributed by atoms with van der Waals surface area (Å²) in [5, 5.41) is 2.82. The van der Waals surface area contributed by atoms with Crippen molar-refractivity contribution in [1.82, 2.24) is 5.32 Å². The van der Waals surface area contributed by atoms with Gasteiger partial charge in [-0.05, 0) is 43.3 Å². The Morgan fingerprint density at radius 1 is 1.50 bits per heavy atom. The lowest BCUT2D eigenvalue weighted by atomic mass is 9.72. The molecule has 0 aromatic carbocycles. The lowest BCUT2D eigenvalue weighted by molar-refractivity contribution is -0.113. The van der Waals surface area contributed by atoms with Crippen LogP contribution in [0, 0.1) is 5.41 Å². The minimum absolute atomic E-state index is 0.0658. The quantitative estimate of drug-likeness (QED) is 0.622. The van der Waals surface area contributed by atoms with E-state index in [2.05, 4.69) is 26.1 Å². The van der Waals surface area contributed by atoms with Crippen molar-refractivity contribution in [2.75, 3.05) is 7.05 Å². The van der Waals surface area contributed by atoms with Crippen LogP contribution in [0.1, 0.15) is 46.5 Å². The molecule has 1 aliphatic carbocycles. The molecule has 18 heavy (non-hydrogen) atoms. The third-order valence-corrected chi connectivity index (χ3v) is 3.94. The van der Waals surface area contributed by atoms with Gasteiger partial charge in [0.05, 0.1) is 11.4 Å². The fourth-order valence-corrected chi connectivity index (χ4v) is 2.63. The Morgan fingerprint density at radius 3 is 2.72 bits per heavy atom. The Labute approximate surface area is 116 Å². The van der Waals surface area contributed by atoms with Gasteiger partial charge in [0.2, 0.25) is 0 Å². The SMILES string of the molecule is CNC(=S)CC(=O)/C=C/C1=C(C)CCCC1(C)C. The first-order chi connectivity index (χ1) is 8.36. The number of hydrogen-bond acceptors (Lipinski definition) is 2. The van der Waals surface area contributed by atoms with Gasteiger partial charge in [0.25, 0.3) is 0 Å². The maximum absolute atomic E-state index is 11.7. The smallest absolute Gasteiger partial charge is 0.162 e. The minimum atomic E-state index is 0.0658. The van der Waals surface area contributed by atoms with E-state index in [1.165, 1.54) is 24.0 Å². The van der Waals surface area contributed by atoms with Crippen LogP contribution in [-0.4, -0.2) is 17.8 Å². The normalized spacial score (nSPS) is 19.1. The van der Waals surface area contributed by atoms with Gasteiger partial charge < -0.3 is 5.32 Å². The Hall–Kier alpha value is -0.960. The first-order valence-corrected chi connectivity index (χ1v) is 6.89. The monoisotopic (exact) mass is 265 g/mol. The first-order valence-electron chi connectivity index (χ1n) is 6.48. The number of rotatable bonds is 4. The Bertz CT molecular complexity index is 405. The zero-order valence-electron chi connectivity index (χ0n) is 11.8. The molecular formula is C15H23NOS. The van der Waals surface area contributed by atoms with Crippen LogP contribution in [-0.2, 0) is 4.79 Å². The molecule has 0 aromatic rings. The largest absolute Gasteiger partial charge is 0.382 e. The van der Waals surface area contributed by atoms with Crippen molar-refractivity contribution in [3.63, 3.8) is 0 Å². The summed E-state index contributed by atoms with van der Waals surface area (Å²) in [6.45, 7) is 6.67. The summed E-state index contributed by atoms with van der Waals surface area (Å²) in [6, 6.07) is 0. The predicted octanol–water partition coefficient (Wildman–Crippen LogP) is 3.58. The van der Waals surface area contributed by atoms with Gasteiger partial charge in [0.15, 0.2) is 5.78 Å². The highest BCUT2D eigenvalue weighted by molar-refractivity contribution is 7.80. The lowest BCUT2D eigenvalue weighted by Gasteiger charge is -2.32. The fraction of sp³-hybridized carbons (Fsp3) is 0.600. The minimum Gasteiger partial charge on any atom is -0.382 e. The van der Waals surface area contributed by atoms with Crippen molar-refractivity contribution in [3.8, 4) is 0 Å². The van der Waals surface area contributed by atoms with Gasteiger partial charge in [0, 0.05) is 7.05 Å². The average molecular weight is 265 g/mol. The summed E-state index contributed by atoms with van der Waals surface area (Å²) in [6.07, 6.45) is 7.55. The van der Waals surface area contributed by atoms with Gasteiger partial charge in [0.1, 0.15) is 0 Å². The molecule has 0 saturated heterocycles. The number of hydrogen-bond donors (Lipinski definition) is 1. The van der Waals surface area contributed by atoms with E-state index in [0.29, 0.717) is 11.4 Å². The topological polar surface area (TPSA) is 29.1 Å². The van der Waals surface area contributed by atoms with Crippen LogP contribution in [0.25, 0.3) is 0 Å². The number of thiocarbonyl (C=S) groups is 1. The summed E-state index contributed by atoms with van der Waals surface area (Å²) < 4.78 is 0. The zero-order chi connectivity index (χ0) is 13.8. The van der Waals surface area contributed by atoms with Crippen LogP contribution in [0.2, 0.25) is 0 Å². The highest BCUT2D eigenvalue weighted by atomic mass is 32.1. The summed E-state index contributed by atoms with van der Waals surface area (Å²) in [5.74, 6) is 0.0658. The number of nitrogens with one attached hydrogen (secondary N) is 1. The second-order valence-corrected chi connectivity index (χ2v) is 6.07. The van der Waals surface area contributed by atoms with Gasteiger partial charge in [-0.15, -0.1) is 0 Å². The molecule has 0 heterocycles. The van der Waals surface area contributed by atoms with E-state index in [9.17, 15) is 4.79 Å². The van der Waals surface area contributed by atoms with Crippen molar-refractivity contribution in [3.05, 3.63) is 23.3 Å². The second-order valence-electron chi connectivity index (χ2n) is 5.58. The molecule has 1 aliphatic rings. The molecule has 0 atom stereocenters. The zero-order valence-corrected chi connectivity index (χ0v) is 12.6. The van der Waals surface area contributed by atoms with E-state index in [0.717, 1.165) is 6.42 Å². The molecule has 2 nitrogen and oxygen atoms in total. The van der Waals surface area contributed by atoms with Crippen LogP contribution in [0.5, 0.6) is 0 Å². The van der Waals surface area contributed by atoms with Crippen LogP contribution < -0.4 is 5.32 Å². The molecule has 0 fully saturated rings. The van der Waals surface area contributed by atoms with E-state index in [1.807, 2.05) is 6.08 Å². The molecule has 0 bridgehead atoms. The van der Waals surface area contributed by atoms with Crippen molar-refractivity contribution < 1.29 is 4.79 Å². The summed E-state index contributed by atoms with van der Waals surface area (Å²) in [4.78, 5) is 12.3. The van der Waals surface area contributed by atoms with Crippen molar-refractivity contribution in [2.24, 2.45) is 5.41 Å². The molecule has 0 saturated carbocycles. The maximum Gasteiger partial charge on any atom is 0.162 e. The summed E-state index contributed by atoms with van der Waals surface area (Å²) >= 11 is 4.99. The van der Waals surface area contributed by atoms with Crippen LogP contribution >= 0.6 is 12.2 Å². The van der Waals surface area contributed by atoms with Gasteiger partial charge in [-0.25, -0.2) is 0 Å². The Balaban J connectivity index is 2.76. The standard InChI is InChI=1S/C15H23NOS/c1-11-6-5-9-15(2,3)13(11)8-7-12(17)10-14(18)16-4/h7-8H,5-6,9-10H2,1-4H3,(H,16,18)/b8-7+. The summed E-state index contributed by atoms with van der Waals surface area (Å²) in [7, 11) is 1.75. The van der Waals surface area contributed by atoms with Crippen molar-refractivity contribution in [1.29, 1.82) is 0 Å². The third-order valence-electron chi connectivity index (χ3n) is 3.59. The van der Waals surface area contributed by atoms with E-state index in [1.54, 1.807) is 13.1 Å². The molecule has 0 radical (unpaired) electrons. The Kier molecular flexibility index (Phi) is 5.27. The van der Waals surface area contributed by atoms with E-state index < -0.39 is 0 Å². The van der Waals surface area contributed by atoms with E-state index >= 15 is 0 Å². The number of ketones is 1. The van der Waals surface area contributed by atoms with Crippen molar-refractivity contribution in [2.45, 2.75) is 46.5 Å². The molecule has 1 rings (SSSR count). The lowest BCUT2D eigenvalue weighted by Crippen LogP contribution is -2.20. The number of carbonyl (C=O) groups is 1. The van der Waals surface area contributed by atoms with Gasteiger partial charge in [-0.2, -0.15) is 0 Å². The molecule has 0 amide bonds. The molecule has 1 N–H and O–H groups in total. The average Bonchev–Trinajstić information content (AvgIpc) is 2.27. The van der Waals surface area contributed by atoms with Crippen LogP contribution in [0.15, 0.2) is 23.3 Å². The van der Waals surface area contributed by atoms with Crippen LogP contribution in [0.3, 0.4) is 0 Å². The first kappa shape index (κ1) is 15.1. The van der Waals surface area contributed by atoms with E-state index in [-0.39, 0.29) is 11.2 Å². The highest BCUT2D eigenvalue weighted by Gasteiger charge is 2.26. The number of allylic oxidation sites excluding steroid dienone is 4. The fourth-order valence-electron chi connectivity index (χ4n) is 2.49. The second kappa shape index (κ2) is 6.28. The Morgan fingerprint density at radius 2 is 2.17 bits per heavy atom. The number of carbonyl (C=O) groups excluding carboxylic acids is 1. The third kappa shape index (κ3) is 4.05. The molecule has 0 unspecified atom stereocenters. The molecular weight excluding hydrogens is 242 g/mol. The van der Waals surface area contributed by atoms with Crippen molar-refractivity contribution >= 4 is 23.0 Å². The van der Waals surface area contributed by atoms with E-state index in [4.69, 9.17) is 12.2 Å². The highest BCUT2D eigenvalue weighted by Crippen LogP contribution is 2.40. The molecule has 3 heteroatoms. The maximum atomic E-state index is 11.7. The van der Waals surface area contributed by atoms with Gasteiger partial charge in [-0.1, -0.05) is 37.7 Å². The molecule has 100 valence electrons. The molecule has 0 aromatic heterocycles. The summed E-state index contributed by atoms with van der Waals surface area (Å²) in [5.41, 5.74) is 2.91.